The molecular weight excluding hydrogens is 281 g/mol. The molecule has 0 unspecified atom stereocenters. The molecule has 0 aliphatic carbocycles. The highest BCUT2D eigenvalue weighted by atomic mass is 35.5. The van der Waals surface area contributed by atoms with Crippen molar-refractivity contribution in [1.29, 1.82) is 0 Å². The molecule has 0 aliphatic rings. The van der Waals surface area contributed by atoms with Gasteiger partial charge < -0.3 is 5.32 Å². The molecular formula is C14H17Cl2N3. The highest BCUT2D eigenvalue weighted by Gasteiger charge is 2.05. The zero-order valence-corrected chi connectivity index (χ0v) is 12.5. The third-order valence-corrected chi connectivity index (χ3v) is 3.55. The number of hydrogen-bond donors (Lipinski definition) is 1. The molecule has 0 spiro atoms. The van der Waals surface area contributed by atoms with Crippen LogP contribution in [0.3, 0.4) is 0 Å². The lowest BCUT2D eigenvalue weighted by atomic mass is 10.2. The van der Waals surface area contributed by atoms with E-state index in [2.05, 4.69) is 24.3 Å². The van der Waals surface area contributed by atoms with E-state index in [1.54, 1.807) is 0 Å². The van der Waals surface area contributed by atoms with Crippen LogP contribution >= 0.6 is 23.2 Å². The van der Waals surface area contributed by atoms with Gasteiger partial charge in [-0.15, -0.1) is 0 Å². The van der Waals surface area contributed by atoms with Crippen molar-refractivity contribution in [3.05, 3.63) is 51.8 Å². The predicted molar refractivity (Wildman–Crippen MR) is 79.8 cm³/mol. The van der Waals surface area contributed by atoms with Crippen LogP contribution in [0.5, 0.6) is 0 Å². The Kier molecular flexibility index (Phi) is 4.86. The fourth-order valence-electron chi connectivity index (χ4n) is 1.77. The fraction of sp³-hybridized carbons (Fsp3) is 0.357. The van der Waals surface area contributed by atoms with Crippen LogP contribution in [0.4, 0.5) is 0 Å². The second-order valence-electron chi connectivity index (χ2n) is 4.76. The van der Waals surface area contributed by atoms with Gasteiger partial charge in [0.1, 0.15) is 0 Å². The van der Waals surface area contributed by atoms with Crippen LogP contribution in [0.25, 0.3) is 0 Å². The lowest BCUT2D eigenvalue weighted by molar-refractivity contribution is 0.547. The summed E-state index contributed by atoms with van der Waals surface area (Å²) in [7, 11) is 0. The summed E-state index contributed by atoms with van der Waals surface area (Å²) in [5, 5.41) is 8.88. The Bertz CT molecular complexity index is 549. The monoisotopic (exact) mass is 297 g/mol. The Morgan fingerprint density at radius 1 is 1.21 bits per heavy atom. The maximum Gasteiger partial charge on any atom is 0.0663 e. The largest absolute Gasteiger partial charge is 0.309 e. The van der Waals surface area contributed by atoms with Gasteiger partial charge in [0.2, 0.25) is 0 Å². The van der Waals surface area contributed by atoms with Crippen molar-refractivity contribution in [2.24, 2.45) is 0 Å². The number of nitrogens with one attached hydrogen (secondary N) is 1. The predicted octanol–water partition coefficient (Wildman–Crippen LogP) is 3.74. The van der Waals surface area contributed by atoms with Gasteiger partial charge in [-0.25, -0.2) is 0 Å². The van der Waals surface area contributed by atoms with E-state index in [1.807, 2.05) is 35.1 Å². The Labute approximate surface area is 123 Å². The number of hydrogen-bond acceptors (Lipinski definition) is 2. The van der Waals surface area contributed by atoms with Gasteiger partial charge >= 0.3 is 0 Å². The summed E-state index contributed by atoms with van der Waals surface area (Å²) < 4.78 is 1.97. The average Bonchev–Trinajstić information content (AvgIpc) is 2.79. The van der Waals surface area contributed by atoms with E-state index in [-0.39, 0.29) is 0 Å². The zero-order valence-electron chi connectivity index (χ0n) is 11.0. The minimum atomic E-state index is 0.452. The van der Waals surface area contributed by atoms with Crippen molar-refractivity contribution in [3.63, 3.8) is 0 Å². The number of nitrogens with zero attached hydrogens (tertiary/aromatic N) is 2. The summed E-state index contributed by atoms with van der Waals surface area (Å²) in [5.41, 5.74) is 2.24. The molecule has 2 rings (SSSR count). The SMILES string of the molecule is CC(C)NCc1ccnn1Cc1ccc(Cl)c(Cl)c1. The summed E-state index contributed by atoms with van der Waals surface area (Å²) >= 11 is 11.9. The molecule has 0 radical (unpaired) electrons. The summed E-state index contributed by atoms with van der Waals surface area (Å²) in [6.45, 7) is 5.75. The molecule has 5 heteroatoms. The molecule has 0 atom stereocenters. The van der Waals surface area contributed by atoms with Crippen LogP contribution in [0.2, 0.25) is 10.0 Å². The van der Waals surface area contributed by atoms with Gasteiger partial charge in [0, 0.05) is 18.8 Å². The van der Waals surface area contributed by atoms with Gasteiger partial charge in [0.15, 0.2) is 0 Å². The Morgan fingerprint density at radius 2 is 2.00 bits per heavy atom. The topological polar surface area (TPSA) is 29.9 Å². The molecule has 0 fully saturated rings. The van der Waals surface area contributed by atoms with Gasteiger partial charge in [-0.3, -0.25) is 4.68 Å². The minimum Gasteiger partial charge on any atom is -0.309 e. The molecule has 0 saturated carbocycles. The molecule has 1 aromatic heterocycles. The molecule has 0 amide bonds. The first-order chi connectivity index (χ1) is 9.06. The summed E-state index contributed by atoms with van der Waals surface area (Å²) in [6, 6.07) is 8.14. The second-order valence-corrected chi connectivity index (χ2v) is 5.58. The third kappa shape index (κ3) is 3.96. The molecule has 0 bridgehead atoms. The normalized spacial score (nSPS) is 11.2. The van der Waals surface area contributed by atoms with E-state index in [1.165, 1.54) is 0 Å². The molecule has 0 saturated heterocycles. The highest BCUT2D eigenvalue weighted by Crippen LogP contribution is 2.23. The molecule has 1 aromatic carbocycles. The van der Waals surface area contributed by atoms with Gasteiger partial charge in [-0.2, -0.15) is 5.10 Å². The Hall–Kier alpha value is -1.03. The quantitative estimate of drug-likeness (QED) is 0.911. The van der Waals surface area contributed by atoms with E-state index in [4.69, 9.17) is 23.2 Å². The fourth-order valence-corrected chi connectivity index (χ4v) is 2.09. The smallest absolute Gasteiger partial charge is 0.0663 e. The van der Waals surface area contributed by atoms with E-state index < -0.39 is 0 Å². The third-order valence-electron chi connectivity index (χ3n) is 2.81. The van der Waals surface area contributed by atoms with Crippen LogP contribution in [0.1, 0.15) is 25.1 Å². The van der Waals surface area contributed by atoms with E-state index in [0.717, 1.165) is 17.8 Å². The average molecular weight is 298 g/mol. The van der Waals surface area contributed by atoms with Crippen molar-refractivity contribution in [3.8, 4) is 0 Å². The maximum absolute atomic E-state index is 6.02. The lowest BCUT2D eigenvalue weighted by Crippen LogP contribution is -2.23. The molecule has 19 heavy (non-hydrogen) atoms. The van der Waals surface area contributed by atoms with Gasteiger partial charge in [-0.05, 0) is 23.8 Å². The molecule has 2 aromatic rings. The van der Waals surface area contributed by atoms with E-state index in [9.17, 15) is 0 Å². The van der Waals surface area contributed by atoms with Crippen LogP contribution in [0, 0.1) is 0 Å². The maximum atomic E-state index is 6.02. The van der Waals surface area contributed by atoms with E-state index in [0.29, 0.717) is 22.6 Å². The first-order valence-electron chi connectivity index (χ1n) is 6.24. The number of aromatic nitrogens is 2. The van der Waals surface area contributed by atoms with Crippen molar-refractivity contribution >= 4 is 23.2 Å². The molecule has 102 valence electrons. The number of benzene rings is 1. The van der Waals surface area contributed by atoms with Crippen LogP contribution in [0.15, 0.2) is 30.5 Å². The van der Waals surface area contributed by atoms with Gasteiger partial charge in [0.25, 0.3) is 0 Å². The Balaban J connectivity index is 2.10. The van der Waals surface area contributed by atoms with Crippen LogP contribution < -0.4 is 5.32 Å². The van der Waals surface area contributed by atoms with E-state index >= 15 is 0 Å². The highest BCUT2D eigenvalue weighted by molar-refractivity contribution is 6.42. The first-order valence-corrected chi connectivity index (χ1v) is 7.00. The van der Waals surface area contributed by atoms with Crippen LogP contribution in [-0.2, 0) is 13.1 Å². The van der Waals surface area contributed by atoms with Crippen molar-refractivity contribution in [2.75, 3.05) is 0 Å². The summed E-state index contributed by atoms with van der Waals surface area (Å²) in [4.78, 5) is 0. The molecule has 1 N–H and O–H groups in total. The summed E-state index contributed by atoms with van der Waals surface area (Å²) in [6.07, 6.45) is 1.81. The lowest BCUT2D eigenvalue weighted by Gasteiger charge is -2.11. The van der Waals surface area contributed by atoms with Crippen molar-refractivity contribution in [1.82, 2.24) is 15.1 Å². The zero-order chi connectivity index (χ0) is 13.8. The number of halogens is 2. The van der Waals surface area contributed by atoms with Crippen molar-refractivity contribution < 1.29 is 0 Å². The second kappa shape index (κ2) is 6.42. The molecule has 0 aliphatic heterocycles. The summed E-state index contributed by atoms with van der Waals surface area (Å²) in [5.74, 6) is 0. The number of rotatable bonds is 5. The Morgan fingerprint density at radius 3 is 2.68 bits per heavy atom. The molecule has 3 nitrogen and oxygen atoms in total. The van der Waals surface area contributed by atoms with Gasteiger partial charge in [-0.1, -0.05) is 43.1 Å². The van der Waals surface area contributed by atoms with Gasteiger partial charge in [0.05, 0.1) is 22.3 Å². The van der Waals surface area contributed by atoms with Crippen LogP contribution in [-0.4, -0.2) is 15.8 Å². The van der Waals surface area contributed by atoms with Crippen molar-refractivity contribution in [2.45, 2.75) is 33.0 Å². The standard InChI is InChI=1S/C14H17Cl2N3/c1-10(2)17-8-12-5-6-18-19(12)9-11-3-4-13(15)14(16)7-11/h3-7,10,17H,8-9H2,1-2H3. The minimum absolute atomic E-state index is 0.452. The first kappa shape index (κ1) is 14.4. The molecule has 1 heterocycles.